The topological polar surface area (TPSA) is 61.1 Å². The molecule has 0 aliphatic carbocycles. The molecule has 0 unspecified atom stereocenters. The summed E-state index contributed by atoms with van der Waals surface area (Å²) in [7, 11) is 0. The van der Waals surface area contributed by atoms with Gasteiger partial charge in [0.2, 0.25) is 0 Å². The number of para-hydroxylation sites is 1. The van der Waals surface area contributed by atoms with Gasteiger partial charge in [0.05, 0.1) is 5.91 Å². The van der Waals surface area contributed by atoms with Gasteiger partial charge in [-0.2, -0.15) is 0 Å². The van der Waals surface area contributed by atoms with E-state index < -0.39 is 5.91 Å². The Bertz CT molecular complexity index is 267. The third-order valence-electron chi connectivity index (χ3n) is 1.15. The SMILES string of the molecule is [NH-]C(=O)c1ccccc1O.[Re].[Rf]. The second kappa shape index (κ2) is 4.89. The Morgan fingerprint density at radius 2 is 1.83 bits per heavy atom. The van der Waals surface area contributed by atoms with E-state index in [0.717, 1.165) is 0 Å². The average molecular weight is 589 g/mol. The van der Waals surface area contributed by atoms with Crippen molar-refractivity contribution in [1.82, 2.24) is 0 Å². The Balaban J connectivity index is 0. The molecule has 0 saturated heterocycles. The molecule has 1 radical (unpaired) electrons. The van der Waals surface area contributed by atoms with E-state index in [2.05, 4.69) is 0 Å². The molecule has 2 N–H and O–H groups in total. The van der Waals surface area contributed by atoms with Crippen LogP contribution in [0.2, 0.25) is 0 Å². The van der Waals surface area contributed by atoms with Crippen LogP contribution in [0.15, 0.2) is 24.3 Å². The Hall–Kier alpha value is -1.85. The Morgan fingerprint density at radius 1 is 1.33 bits per heavy atom. The van der Waals surface area contributed by atoms with E-state index in [9.17, 15) is 4.79 Å². The average Bonchev–Trinajstić information content (AvgIpc) is 1.88. The molecule has 0 aromatic heterocycles. The molecule has 1 amide bonds. The predicted molar refractivity (Wildman–Crippen MR) is 36.8 cm³/mol. The molecule has 0 aliphatic heterocycles. The van der Waals surface area contributed by atoms with E-state index in [-0.39, 0.29) is 31.7 Å². The number of benzene rings is 1. The van der Waals surface area contributed by atoms with E-state index in [4.69, 9.17) is 10.8 Å². The maximum atomic E-state index is 10.4. The summed E-state index contributed by atoms with van der Waals surface area (Å²) in [4.78, 5) is 10.4. The maximum Gasteiger partial charge on any atom is 0.124 e. The van der Waals surface area contributed by atoms with Crippen LogP contribution in [0.1, 0.15) is 10.4 Å². The quantitative estimate of drug-likeness (QED) is 0.542. The van der Waals surface area contributed by atoms with Crippen molar-refractivity contribution in [3.05, 3.63) is 35.6 Å². The van der Waals surface area contributed by atoms with E-state index in [1.54, 1.807) is 12.1 Å². The molecule has 1 aromatic rings. The molecule has 0 saturated carbocycles. The fourth-order valence-electron chi connectivity index (χ4n) is 0.666. The number of carbonyl (C=O) groups excluding carboxylic acids is 1. The summed E-state index contributed by atoms with van der Waals surface area (Å²) in [5.74, 6) is -0.999. The zero-order valence-electron chi connectivity index (χ0n) is 6.25. The van der Waals surface area contributed by atoms with E-state index in [0.29, 0.717) is 0 Å². The van der Waals surface area contributed by atoms with Crippen LogP contribution in [0.3, 0.4) is 0 Å². The standard InChI is InChI=1S/C7H7NO2.Re.Rf/c8-7(10)5-3-1-2-4-6(5)9;;/h1-4H,(H3,8,9,10);;/p-1. The van der Waals surface area contributed by atoms with Gasteiger partial charge in [-0.05, 0) is 12.1 Å². The molecule has 0 spiro atoms. The van der Waals surface area contributed by atoms with E-state index in [1.807, 2.05) is 0 Å². The van der Waals surface area contributed by atoms with Gasteiger partial charge in [0.15, 0.2) is 0 Å². The first-order valence-corrected chi connectivity index (χ1v) is 2.76. The molecule has 0 heterocycles. The summed E-state index contributed by atoms with van der Waals surface area (Å²) in [6, 6.07) is 5.98. The summed E-state index contributed by atoms with van der Waals surface area (Å²) < 4.78 is 0. The first-order chi connectivity index (χ1) is 4.72. The Morgan fingerprint density at radius 3 is 2.17 bits per heavy atom. The van der Waals surface area contributed by atoms with Crippen LogP contribution in [-0.2, 0) is 20.4 Å². The number of phenols is 1. The summed E-state index contributed by atoms with van der Waals surface area (Å²) in [6.45, 7) is 0. The fourth-order valence-corrected chi connectivity index (χ4v) is 0.666. The third kappa shape index (κ3) is 2.41. The van der Waals surface area contributed by atoms with Gasteiger partial charge in [0.1, 0.15) is 5.75 Å². The van der Waals surface area contributed by atoms with Crippen LogP contribution < -0.4 is 0 Å². The van der Waals surface area contributed by atoms with Crippen molar-refractivity contribution in [1.29, 1.82) is 0 Å². The number of phenolic OH excluding ortho intramolecular Hbond substituents is 1. The van der Waals surface area contributed by atoms with Crippen molar-refractivity contribution in [3.8, 4) is 5.75 Å². The molecule has 0 atom stereocenters. The van der Waals surface area contributed by atoms with Crippen molar-refractivity contribution in [2.45, 2.75) is 0 Å². The molecule has 0 bridgehead atoms. The van der Waals surface area contributed by atoms with Crippen molar-refractivity contribution in [2.75, 3.05) is 0 Å². The first-order valence-electron chi connectivity index (χ1n) is 2.76. The van der Waals surface area contributed by atoms with Crippen molar-refractivity contribution in [3.63, 3.8) is 0 Å². The Labute approximate surface area is 77.9 Å². The molecule has 3 nitrogen and oxygen atoms in total. The predicted octanol–water partition coefficient (Wildman–Crippen LogP) is 1.58. The zero-order valence-corrected chi connectivity index (χ0v) is 15.4. The number of carbonyl (C=O) groups is 1. The molecular weight excluding hydrogens is 583 g/mol. The van der Waals surface area contributed by atoms with Crippen LogP contribution in [0.5, 0.6) is 5.75 Å². The molecule has 0 aliphatic rings. The second-order valence-corrected chi connectivity index (χ2v) is 1.85. The van der Waals surface area contributed by atoms with Gasteiger partial charge < -0.3 is 15.6 Å². The number of amides is 1. The summed E-state index contributed by atoms with van der Waals surface area (Å²) >= 11 is 0. The second-order valence-electron chi connectivity index (χ2n) is 1.85. The minimum atomic E-state index is -0.863. The van der Waals surface area contributed by atoms with E-state index in [1.165, 1.54) is 12.1 Å². The molecule has 12 heavy (non-hydrogen) atoms. The van der Waals surface area contributed by atoms with Crippen LogP contribution in [0, 0.1) is 0 Å². The summed E-state index contributed by atoms with van der Waals surface area (Å²) in [6.07, 6.45) is 0. The number of rotatable bonds is 1. The molecular formula is C7H6NO2ReRf-. The van der Waals surface area contributed by atoms with Gasteiger partial charge in [-0.3, -0.25) is 0 Å². The monoisotopic (exact) mass is 590 g/mol. The molecule has 61 valence electrons. The maximum absolute atomic E-state index is 10.4. The molecule has 0 fully saturated rings. The smallest absolute Gasteiger partial charge is 0.124 e. The number of nitrogens with one attached hydrogen (secondary N) is 1. The minimum Gasteiger partial charge on any atom is -0.663 e. The number of aromatic hydroxyl groups is 1. The van der Waals surface area contributed by atoms with Crippen molar-refractivity contribution >= 4 is 5.91 Å². The summed E-state index contributed by atoms with van der Waals surface area (Å²) in [5, 5.41) is 8.94. The van der Waals surface area contributed by atoms with Gasteiger partial charge in [-0.1, -0.05) is 12.1 Å². The van der Waals surface area contributed by atoms with E-state index >= 15 is 0 Å². The fraction of sp³-hybridized carbons (Fsp3) is 0. The van der Waals surface area contributed by atoms with Crippen molar-refractivity contribution in [2.24, 2.45) is 0 Å². The third-order valence-corrected chi connectivity index (χ3v) is 1.15. The Kier molecular flexibility index (Phi) is 5.21. The normalized spacial score (nSPS) is 7.67. The molecule has 1 rings (SSSR count). The first kappa shape index (κ1) is 12.8. The number of hydrogen-bond donors (Lipinski definition) is 1. The number of hydrogen-bond acceptors (Lipinski definition) is 2. The van der Waals surface area contributed by atoms with Gasteiger partial charge in [-0.15, -0.1) is 0 Å². The molecule has 5 heteroatoms. The van der Waals surface area contributed by atoms with Crippen LogP contribution in [0.25, 0.3) is 5.73 Å². The zero-order chi connectivity index (χ0) is 7.56. The van der Waals surface area contributed by atoms with Gasteiger partial charge in [-0.25, -0.2) is 0 Å². The minimum absolute atomic E-state index is 0. The van der Waals surface area contributed by atoms with Gasteiger partial charge >= 0.3 is 0 Å². The summed E-state index contributed by atoms with van der Waals surface area (Å²) in [5.41, 5.74) is 6.70. The van der Waals surface area contributed by atoms with Crippen molar-refractivity contribution < 1.29 is 30.3 Å². The van der Waals surface area contributed by atoms with Gasteiger partial charge in [0.25, 0.3) is 0 Å². The van der Waals surface area contributed by atoms with Gasteiger partial charge in [0, 0.05) is 26.0 Å². The largest absolute Gasteiger partial charge is 0.663 e. The van der Waals surface area contributed by atoms with Crippen LogP contribution >= 0.6 is 0 Å². The van der Waals surface area contributed by atoms with Crippen LogP contribution in [0.4, 0.5) is 0 Å². The molecule has 1 aromatic carbocycles. The van der Waals surface area contributed by atoms with Crippen LogP contribution in [-0.4, -0.2) is 11.0 Å².